The number of ketones is 2. The first kappa shape index (κ1) is 13.3. The number of Topliss-reactive ketones (excluding diaryl/α,β-unsaturated/α-hetero) is 2. The van der Waals surface area contributed by atoms with Gasteiger partial charge in [0.25, 0.3) is 0 Å². The number of rotatable bonds is 2. The molecule has 0 radical (unpaired) electrons. The summed E-state index contributed by atoms with van der Waals surface area (Å²) in [4.78, 5) is 24.1. The van der Waals surface area contributed by atoms with Gasteiger partial charge in [0.15, 0.2) is 0 Å². The minimum absolute atomic E-state index is 0.136. The van der Waals surface area contributed by atoms with Crippen molar-refractivity contribution >= 4 is 11.6 Å². The van der Waals surface area contributed by atoms with Crippen LogP contribution >= 0.6 is 0 Å². The zero-order valence-corrected chi connectivity index (χ0v) is 11.6. The van der Waals surface area contributed by atoms with Crippen molar-refractivity contribution in [1.82, 2.24) is 0 Å². The third-order valence-electron chi connectivity index (χ3n) is 5.87. The Morgan fingerprint density at radius 1 is 1.05 bits per heavy atom. The molecular formula is C16H24O3. The lowest BCUT2D eigenvalue weighted by molar-refractivity contribution is -0.154. The molecule has 0 unspecified atom stereocenters. The molecule has 0 bridgehead atoms. The first-order chi connectivity index (χ1) is 9.06. The topological polar surface area (TPSA) is 54.4 Å². The SMILES string of the molecule is O=C1CC[C@]2(CC3CCCCC3)C(=O)CC[C@]2(O)C1. The molecule has 0 heterocycles. The van der Waals surface area contributed by atoms with Gasteiger partial charge in [0.2, 0.25) is 0 Å². The van der Waals surface area contributed by atoms with Crippen molar-refractivity contribution in [2.24, 2.45) is 11.3 Å². The molecule has 3 heteroatoms. The highest BCUT2D eigenvalue weighted by molar-refractivity contribution is 5.93. The minimum Gasteiger partial charge on any atom is -0.388 e. The van der Waals surface area contributed by atoms with Gasteiger partial charge in [0.1, 0.15) is 11.6 Å². The molecule has 3 aliphatic rings. The van der Waals surface area contributed by atoms with Gasteiger partial charge in [-0.25, -0.2) is 0 Å². The predicted octanol–water partition coefficient (Wildman–Crippen LogP) is 2.79. The Kier molecular flexibility index (Phi) is 3.28. The van der Waals surface area contributed by atoms with E-state index in [1.165, 1.54) is 32.1 Å². The summed E-state index contributed by atoms with van der Waals surface area (Å²) < 4.78 is 0. The fraction of sp³-hybridized carbons (Fsp3) is 0.875. The van der Waals surface area contributed by atoms with E-state index in [0.29, 0.717) is 31.6 Å². The average molecular weight is 264 g/mol. The molecule has 0 aromatic heterocycles. The van der Waals surface area contributed by atoms with Gasteiger partial charge < -0.3 is 5.11 Å². The van der Waals surface area contributed by atoms with Gasteiger partial charge in [-0.3, -0.25) is 9.59 Å². The number of hydrogen-bond acceptors (Lipinski definition) is 3. The summed E-state index contributed by atoms with van der Waals surface area (Å²) in [6.07, 6.45) is 9.30. The maximum Gasteiger partial charge on any atom is 0.142 e. The van der Waals surface area contributed by atoms with E-state index < -0.39 is 11.0 Å². The first-order valence-corrected chi connectivity index (χ1v) is 7.83. The molecule has 2 atom stereocenters. The number of fused-ring (bicyclic) bond motifs is 1. The van der Waals surface area contributed by atoms with E-state index in [0.717, 1.165) is 6.42 Å². The lowest BCUT2D eigenvalue weighted by atomic mass is 9.59. The summed E-state index contributed by atoms with van der Waals surface area (Å²) in [5.74, 6) is 0.945. The number of hydrogen-bond donors (Lipinski definition) is 1. The van der Waals surface area contributed by atoms with E-state index >= 15 is 0 Å². The van der Waals surface area contributed by atoms with Crippen LogP contribution in [0.4, 0.5) is 0 Å². The van der Waals surface area contributed by atoms with Crippen molar-refractivity contribution in [2.45, 2.75) is 76.2 Å². The molecule has 0 amide bonds. The molecule has 3 rings (SSSR count). The zero-order chi connectivity index (χ0) is 13.5. The third kappa shape index (κ3) is 2.06. The lowest BCUT2D eigenvalue weighted by Gasteiger charge is -2.46. The molecule has 0 spiro atoms. The molecule has 3 nitrogen and oxygen atoms in total. The van der Waals surface area contributed by atoms with Gasteiger partial charge in [0, 0.05) is 19.3 Å². The van der Waals surface area contributed by atoms with Crippen LogP contribution in [0.5, 0.6) is 0 Å². The van der Waals surface area contributed by atoms with Crippen LogP contribution in [0.3, 0.4) is 0 Å². The van der Waals surface area contributed by atoms with Crippen LogP contribution < -0.4 is 0 Å². The van der Waals surface area contributed by atoms with Crippen molar-refractivity contribution < 1.29 is 14.7 Å². The van der Waals surface area contributed by atoms with Crippen LogP contribution in [0.25, 0.3) is 0 Å². The normalized spacial score (nSPS) is 40.5. The van der Waals surface area contributed by atoms with Crippen LogP contribution in [-0.2, 0) is 9.59 Å². The van der Waals surface area contributed by atoms with Gasteiger partial charge in [-0.05, 0) is 25.2 Å². The standard InChI is InChI=1S/C16H24O3/c17-13-6-8-15(10-12-4-2-1-3-5-12)14(18)7-9-16(15,19)11-13/h12,19H,1-11H2/t15-,16-/m0/s1. The predicted molar refractivity (Wildman–Crippen MR) is 71.7 cm³/mol. The zero-order valence-electron chi connectivity index (χ0n) is 11.6. The van der Waals surface area contributed by atoms with Crippen molar-refractivity contribution in [3.05, 3.63) is 0 Å². The van der Waals surface area contributed by atoms with Crippen LogP contribution in [-0.4, -0.2) is 22.3 Å². The summed E-state index contributed by atoms with van der Waals surface area (Å²) in [5, 5.41) is 10.9. The number of aliphatic hydroxyl groups is 1. The monoisotopic (exact) mass is 264 g/mol. The van der Waals surface area contributed by atoms with Gasteiger partial charge in [-0.15, -0.1) is 0 Å². The van der Waals surface area contributed by atoms with E-state index in [1.807, 2.05) is 0 Å². The summed E-state index contributed by atoms with van der Waals surface area (Å²) in [5.41, 5.74) is -1.60. The van der Waals surface area contributed by atoms with Crippen LogP contribution in [0.15, 0.2) is 0 Å². The van der Waals surface area contributed by atoms with Crippen LogP contribution in [0.1, 0.15) is 70.6 Å². The summed E-state index contributed by atoms with van der Waals surface area (Å²) in [6.45, 7) is 0. The Morgan fingerprint density at radius 3 is 2.53 bits per heavy atom. The quantitative estimate of drug-likeness (QED) is 0.834. The smallest absolute Gasteiger partial charge is 0.142 e. The van der Waals surface area contributed by atoms with Gasteiger partial charge in [-0.2, -0.15) is 0 Å². The van der Waals surface area contributed by atoms with E-state index in [1.54, 1.807) is 0 Å². The molecular weight excluding hydrogens is 240 g/mol. The second-order valence-corrected chi connectivity index (χ2v) is 6.96. The maximum absolute atomic E-state index is 12.4. The molecule has 3 saturated carbocycles. The summed E-state index contributed by atoms with van der Waals surface area (Å²) in [7, 11) is 0. The van der Waals surface area contributed by atoms with E-state index in [2.05, 4.69) is 0 Å². The summed E-state index contributed by atoms with van der Waals surface area (Å²) >= 11 is 0. The number of carbonyl (C=O) groups is 2. The molecule has 3 aliphatic carbocycles. The third-order valence-corrected chi connectivity index (χ3v) is 5.87. The Hall–Kier alpha value is -0.700. The van der Waals surface area contributed by atoms with Crippen LogP contribution in [0, 0.1) is 11.3 Å². The van der Waals surface area contributed by atoms with Crippen molar-refractivity contribution in [3.8, 4) is 0 Å². The van der Waals surface area contributed by atoms with Crippen molar-refractivity contribution in [1.29, 1.82) is 0 Å². The highest BCUT2D eigenvalue weighted by Crippen LogP contribution is 2.56. The van der Waals surface area contributed by atoms with Crippen molar-refractivity contribution in [3.63, 3.8) is 0 Å². The van der Waals surface area contributed by atoms with E-state index in [9.17, 15) is 14.7 Å². The van der Waals surface area contributed by atoms with Gasteiger partial charge in [0.05, 0.1) is 11.0 Å². The minimum atomic E-state index is -1.02. The number of carbonyl (C=O) groups excluding carboxylic acids is 2. The Bertz CT molecular complexity index is 397. The molecule has 1 N–H and O–H groups in total. The Morgan fingerprint density at radius 2 is 1.79 bits per heavy atom. The van der Waals surface area contributed by atoms with Crippen LogP contribution in [0.2, 0.25) is 0 Å². The fourth-order valence-electron chi connectivity index (χ4n) is 4.75. The fourth-order valence-corrected chi connectivity index (χ4v) is 4.75. The molecule has 0 saturated heterocycles. The second kappa shape index (κ2) is 4.69. The lowest BCUT2D eigenvalue weighted by Crippen LogP contribution is -2.53. The molecule has 0 aliphatic heterocycles. The molecule has 19 heavy (non-hydrogen) atoms. The molecule has 3 fully saturated rings. The van der Waals surface area contributed by atoms with E-state index in [4.69, 9.17) is 0 Å². The van der Waals surface area contributed by atoms with Gasteiger partial charge >= 0.3 is 0 Å². The highest BCUT2D eigenvalue weighted by atomic mass is 16.3. The Labute approximate surface area is 114 Å². The molecule has 106 valence electrons. The molecule has 0 aromatic carbocycles. The largest absolute Gasteiger partial charge is 0.388 e. The van der Waals surface area contributed by atoms with Gasteiger partial charge in [-0.1, -0.05) is 32.1 Å². The van der Waals surface area contributed by atoms with Crippen molar-refractivity contribution in [2.75, 3.05) is 0 Å². The molecule has 0 aromatic rings. The second-order valence-electron chi connectivity index (χ2n) is 6.96. The van der Waals surface area contributed by atoms with E-state index in [-0.39, 0.29) is 18.0 Å². The maximum atomic E-state index is 12.4. The highest BCUT2D eigenvalue weighted by Gasteiger charge is 2.61. The Balaban J connectivity index is 1.84. The summed E-state index contributed by atoms with van der Waals surface area (Å²) in [6, 6.07) is 0. The first-order valence-electron chi connectivity index (χ1n) is 7.83. The average Bonchev–Trinajstić information content (AvgIpc) is 2.64.